The highest BCUT2D eigenvalue weighted by atomic mass is 35.5. The van der Waals surface area contributed by atoms with Crippen LogP contribution < -0.4 is 15.4 Å². The molecule has 2 aromatic carbocycles. The molecule has 8 nitrogen and oxygen atoms in total. The van der Waals surface area contributed by atoms with Gasteiger partial charge in [-0.05, 0) is 48.5 Å². The van der Waals surface area contributed by atoms with Crippen LogP contribution in [0.3, 0.4) is 0 Å². The summed E-state index contributed by atoms with van der Waals surface area (Å²) in [7, 11) is 1.53. The fourth-order valence-electron chi connectivity index (χ4n) is 2.80. The minimum absolute atomic E-state index is 0.158. The van der Waals surface area contributed by atoms with Gasteiger partial charge in [0.15, 0.2) is 0 Å². The first-order valence-corrected chi connectivity index (χ1v) is 9.85. The topological polar surface area (TPSA) is 102 Å². The first kappa shape index (κ1) is 21.3. The van der Waals surface area contributed by atoms with E-state index < -0.39 is 6.67 Å². The molecule has 32 heavy (non-hydrogen) atoms. The summed E-state index contributed by atoms with van der Waals surface area (Å²) >= 11 is 5.93. The number of benzene rings is 2. The number of hydrogen-bond donors (Lipinski definition) is 2. The van der Waals surface area contributed by atoms with Crippen molar-refractivity contribution in [3.63, 3.8) is 0 Å². The van der Waals surface area contributed by atoms with Gasteiger partial charge in [-0.2, -0.15) is 0 Å². The molecule has 0 bridgehead atoms. The Hall–Kier alpha value is -3.98. The van der Waals surface area contributed by atoms with Crippen molar-refractivity contribution in [2.45, 2.75) is 6.67 Å². The fourth-order valence-corrected chi connectivity index (χ4v) is 2.97. The minimum Gasteiger partial charge on any atom is -0.457 e. The molecule has 0 saturated carbocycles. The molecule has 0 radical (unpaired) electrons. The molecule has 10 heteroatoms. The summed E-state index contributed by atoms with van der Waals surface area (Å²) in [6.45, 7) is -0.676. The summed E-state index contributed by atoms with van der Waals surface area (Å²) in [5.74, 6) is 1.03. The average molecular weight is 454 g/mol. The zero-order valence-electron chi connectivity index (χ0n) is 16.8. The van der Waals surface area contributed by atoms with Gasteiger partial charge in [0.25, 0.3) is 5.91 Å². The van der Waals surface area contributed by atoms with Crippen molar-refractivity contribution in [2.75, 3.05) is 12.4 Å². The zero-order valence-corrected chi connectivity index (χ0v) is 17.6. The molecule has 2 heterocycles. The minimum atomic E-state index is -0.676. The highest BCUT2D eigenvalue weighted by Crippen LogP contribution is 2.28. The number of rotatable bonds is 7. The van der Waals surface area contributed by atoms with Crippen molar-refractivity contribution in [2.24, 2.45) is 0 Å². The van der Waals surface area contributed by atoms with Gasteiger partial charge in [-0.1, -0.05) is 16.7 Å². The SMILES string of the molecule is CNC(=O)c1cc(Oc2ccc(-c3nnc(Nc4ccc(Cl)c(CF)c4)o3)cc2)ccn1. The molecule has 1 amide bonds. The van der Waals surface area contributed by atoms with Gasteiger partial charge in [-0.15, -0.1) is 5.10 Å². The summed E-state index contributed by atoms with van der Waals surface area (Å²) in [5, 5.41) is 13.8. The molecule has 0 saturated heterocycles. The Bertz CT molecular complexity index is 1250. The number of amides is 1. The van der Waals surface area contributed by atoms with E-state index in [0.717, 1.165) is 0 Å². The van der Waals surface area contributed by atoms with Crippen molar-refractivity contribution in [3.05, 3.63) is 77.1 Å². The fraction of sp³-hybridized carbons (Fsp3) is 0.0909. The number of alkyl halides is 1. The van der Waals surface area contributed by atoms with E-state index in [1.807, 2.05) is 0 Å². The van der Waals surface area contributed by atoms with Crippen LogP contribution in [0.2, 0.25) is 5.02 Å². The first-order chi connectivity index (χ1) is 15.6. The van der Waals surface area contributed by atoms with Gasteiger partial charge in [0.2, 0.25) is 5.89 Å². The molecule has 0 aliphatic carbocycles. The third-order valence-corrected chi connectivity index (χ3v) is 4.76. The van der Waals surface area contributed by atoms with Crippen molar-refractivity contribution < 1.29 is 18.3 Å². The van der Waals surface area contributed by atoms with Gasteiger partial charge in [-0.3, -0.25) is 9.78 Å². The smallest absolute Gasteiger partial charge is 0.320 e. The molecular formula is C22H17ClFN5O3. The lowest BCUT2D eigenvalue weighted by molar-refractivity contribution is 0.0958. The van der Waals surface area contributed by atoms with E-state index in [9.17, 15) is 9.18 Å². The zero-order chi connectivity index (χ0) is 22.5. The molecule has 0 spiro atoms. The van der Waals surface area contributed by atoms with E-state index >= 15 is 0 Å². The lowest BCUT2D eigenvalue weighted by atomic mass is 10.2. The lowest BCUT2D eigenvalue weighted by Crippen LogP contribution is -2.18. The maximum atomic E-state index is 13.0. The van der Waals surface area contributed by atoms with Crippen LogP contribution in [0, 0.1) is 0 Å². The molecule has 4 aromatic rings. The van der Waals surface area contributed by atoms with Crippen LogP contribution in [0.15, 0.2) is 65.2 Å². The molecule has 0 aliphatic heterocycles. The van der Waals surface area contributed by atoms with E-state index in [1.165, 1.54) is 13.2 Å². The summed E-state index contributed by atoms with van der Waals surface area (Å²) < 4.78 is 24.4. The number of nitrogens with zero attached hydrogens (tertiary/aromatic N) is 3. The Morgan fingerprint density at radius 2 is 1.91 bits per heavy atom. The molecule has 2 N–H and O–H groups in total. The van der Waals surface area contributed by atoms with Gasteiger partial charge in [0, 0.05) is 41.1 Å². The number of anilines is 2. The maximum absolute atomic E-state index is 13.0. The number of nitrogens with one attached hydrogen (secondary N) is 2. The van der Waals surface area contributed by atoms with E-state index in [1.54, 1.807) is 54.6 Å². The highest BCUT2D eigenvalue weighted by Gasteiger charge is 2.11. The third-order valence-electron chi connectivity index (χ3n) is 4.39. The molecular weight excluding hydrogens is 437 g/mol. The van der Waals surface area contributed by atoms with Gasteiger partial charge in [0.1, 0.15) is 23.9 Å². The number of carbonyl (C=O) groups excluding carboxylic acids is 1. The summed E-state index contributed by atoms with van der Waals surface area (Å²) in [6, 6.07) is 15.2. The van der Waals surface area contributed by atoms with Gasteiger partial charge in [-0.25, -0.2) is 4.39 Å². The van der Waals surface area contributed by atoms with Gasteiger partial charge >= 0.3 is 6.01 Å². The predicted octanol–water partition coefficient (Wildman–Crippen LogP) is 5.15. The van der Waals surface area contributed by atoms with Crippen molar-refractivity contribution in [1.29, 1.82) is 0 Å². The molecule has 0 unspecified atom stereocenters. The Morgan fingerprint density at radius 3 is 2.66 bits per heavy atom. The number of halogens is 2. The number of ether oxygens (including phenoxy) is 1. The second-order valence-electron chi connectivity index (χ2n) is 6.56. The summed E-state index contributed by atoms with van der Waals surface area (Å²) in [5.41, 5.74) is 1.88. The van der Waals surface area contributed by atoms with Crippen molar-refractivity contribution in [3.8, 4) is 23.0 Å². The molecule has 0 fully saturated rings. The summed E-state index contributed by atoms with van der Waals surface area (Å²) in [6.07, 6.45) is 1.50. The molecule has 0 atom stereocenters. The lowest BCUT2D eigenvalue weighted by Gasteiger charge is -2.07. The molecule has 2 aromatic heterocycles. The predicted molar refractivity (Wildman–Crippen MR) is 117 cm³/mol. The van der Waals surface area contributed by atoms with E-state index in [4.69, 9.17) is 20.8 Å². The van der Waals surface area contributed by atoms with Crippen molar-refractivity contribution >= 4 is 29.2 Å². The van der Waals surface area contributed by atoms with Gasteiger partial charge in [0.05, 0.1) is 0 Å². The van der Waals surface area contributed by atoms with Crippen LogP contribution >= 0.6 is 11.6 Å². The van der Waals surface area contributed by atoms with Crippen LogP contribution in [-0.2, 0) is 6.67 Å². The first-order valence-electron chi connectivity index (χ1n) is 9.47. The number of hydrogen-bond acceptors (Lipinski definition) is 7. The number of carbonyl (C=O) groups is 1. The monoisotopic (exact) mass is 453 g/mol. The average Bonchev–Trinajstić information content (AvgIpc) is 3.29. The van der Waals surface area contributed by atoms with E-state index in [0.29, 0.717) is 39.2 Å². The van der Waals surface area contributed by atoms with Crippen LogP contribution in [0.1, 0.15) is 16.1 Å². The maximum Gasteiger partial charge on any atom is 0.320 e. The van der Waals surface area contributed by atoms with E-state index in [-0.39, 0.29) is 17.6 Å². The van der Waals surface area contributed by atoms with E-state index in [2.05, 4.69) is 25.8 Å². The second kappa shape index (κ2) is 9.44. The number of aromatic nitrogens is 3. The Kier molecular flexibility index (Phi) is 6.27. The number of pyridine rings is 1. The Morgan fingerprint density at radius 1 is 1.09 bits per heavy atom. The van der Waals surface area contributed by atoms with Crippen LogP contribution in [0.5, 0.6) is 11.5 Å². The third kappa shape index (κ3) is 4.84. The molecule has 162 valence electrons. The normalized spacial score (nSPS) is 10.6. The largest absolute Gasteiger partial charge is 0.457 e. The quantitative estimate of drug-likeness (QED) is 0.399. The Labute approximate surface area is 187 Å². The standard InChI is InChI=1S/C22H17ClFN5O3/c1-25-20(30)19-11-17(8-9-26-19)31-16-5-2-13(3-6-16)21-28-29-22(32-21)27-15-4-7-18(23)14(10-15)12-24/h2-11H,12H2,1H3,(H,25,30)(H,27,29). The summed E-state index contributed by atoms with van der Waals surface area (Å²) in [4.78, 5) is 15.7. The van der Waals surface area contributed by atoms with Crippen LogP contribution in [0.4, 0.5) is 16.1 Å². The van der Waals surface area contributed by atoms with Crippen LogP contribution in [0.25, 0.3) is 11.5 Å². The van der Waals surface area contributed by atoms with Gasteiger partial charge < -0.3 is 19.8 Å². The van der Waals surface area contributed by atoms with Crippen molar-refractivity contribution in [1.82, 2.24) is 20.5 Å². The second-order valence-corrected chi connectivity index (χ2v) is 6.97. The Balaban J connectivity index is 1.45. The molecule has 0 aliphatic rings. The van der Waals surface area contributed by atoms with Crippen LogP contribution in [-0.4, -0.2) is 28.1 Å². The highest BCUT2D eigenvalue weighted by molar-refractivity contribution is 6.31. The molecule has 4 rings (SSSR count).